The van der Waals surface area contributed by atoms with E-state index in [1.54, 1.807) is 5.38 Å². The average Bonchev–Trinajstić information content (AvgIpc) is 3.35. The first-order chi connectivity index (χ1) is 16.3. The van der Waals surface area contributed by atoms with Crippen molar-refractivity contribution in [3.8, 4) is 0 Å². The molecule has 0 atom stereocenters. The van der Waals surface area contributed by atoms with E-state index >= 15 is 0 Å². The number of nitrogens with zero attached hydrogens (tertiary/aromatic N) is 2. The number of carbonyl (C=O) groups excluding carboxylic acids is 2. The van der Waals surface area contributed by atoms with Crippen LogP contribution in [0.4, 0.5) is 5.69 Å². The molecule has 0 radical (unpaired) electrons. The van der Waals surface area contributed by atoms with E-state index in [0.717, 1.165) is 54.9 Å². The fraction of sp³-hybridized carbons (Fsp3) is 0.520. The maximum absolute atomic E-state index is 13.2. The molecule has 0 unspecified atom stereocenters. The number of carbonyl (C=O) groups is 2. The lowest BCUT2D eigenvalue weighted by Gasteiger charge is -2.30. The lowest BCUT2D eigenvalue weighted by atomic mass is 9.97. The van der Waals surface area contributed by atoms with Gasteiger partial charge in [-0.25, -0.2) is 8.42 Å². The van der Waals surface area contributed by atoms with Crippen LogP contribution in [0, 0.1) is 11.8 Å². The Morgan fingerprint density at radius 2 is 1.76 bits per heavy atom. The van der Waals surface area contributed by atoms with Crippen molar-refractivity contribution >= 4 is 38.9 Å². The van der Waals surface area contributed by atoms with E-state index in [9.17, 15) is 18.0 Å². The molecular weight excluding hydrogens is 470 g/mol. The molecular formula is C25H33N3O4S2. The molecule has 3 heterocycles. The maximum atomic E-state index is 13.2. The summed E-state index contributed by atoms with van der Waals surface area (Å²) in [5.74, 6) is 0.241. The zero-order valence-electron chi connectivity index (χ0n) is 19.8. The van der Waals surface area contributed by atoms with Crippen molar-refractivity contribution in [3.05, 3.63) is 46.8 Å². The Kier molecular flexibility index (Phi) is 7.74. The smallest absolute Gasteiger partial charge is 0.254 e. The normalized spacial score (nSPS) is 18.7. The average molecular weight is 504 g/mol. The van der Waals surface area contributed by atoms with Gasteiger partial charge in [0.15, 0.2) is 0 Å². The van der Waals surface area contributed by atoms with Crippen LogP contribution in [0.3, 0.4) is 0 Å². The van der Waals surface area contributed by atoms with E-state index < -0.39 is 10.0 Å². The van der Waals surface area contributed by atoms with Crippen LogP contribution in [0.5, 0.6) is 0 Å². The predicted molar refractivity (Wildman–Crippen MR) is 135 cm³/mol. The Balaban J connectivity index is 1.34. The SMILES string of the molecule is CCc1cccc(NC(=O)C2CCN(S(=O)(=O)c3cc(C(=O)N4CCC(C)CC4)cs3)CC2)c1. The first-order valence-corrected chi connectivity index (χ1v) is 14.4. The van der Waals surface area contributed by atoms with Crippen LogP contribution >= 0.6 is 11.3 Å². The Hall–Kier alpha value is -2.23. The number of hydrogen-bond donors (Lipinski definition) is 1. The fourth-order valence-corrected chi connectivity index (χ4v) is 7.33. The van der Waals surface area contributed by atoms with E-state index in [4.69, 9.17) is 0 Å². The molecule has 2 aliphatic rings. The van der Waals surface area contributed by atoms with Crippen LogP contribution in [0.15, 0.2) is 39.9 Å². The van der Waals surface area contributed by atoms with E-state index in [1.807, 2.05) is 29.2 Å². The van der Waals surface area contributed by atoms with E-state index in [2.05, 4.69) is 19.2 Å². The van der Waals surface area contributed by atoms with Gasteiger partial charge in [0.1, 0.15) is 4.21 Å². The van der Waals surface area contributed by atoms with Crippen molar-refractivity contribution in [2.45, 2.75) is 50.2 Å². The summed E-state index contributed by atoms with van der Waals surface area (Å²) in [5.41, 5.74) is 2.38. The molecule has 7 nitrogen and oxygen atoms in total. The third kappa shape index (κ3) is 5.53. The summed E-state index contributed by atoms with van der Waals surface area (Å²) >= 11 is 1.10. The van der Waals surface area contributed by atoms with Gasteiger partial charge in [-0.2, -0.15) is 4.31 Å². The molecule has 184 valence electrons. The van der Waals surface area contributed by atoms with Crippen molar-refractivity contribution in [3.63, 3.8) is 0 Å². The standard InChI is InChI=1S/C25H33N3O4S2/c1-3-19-5-4-6-22(15-19)26-24(29)20-9-13-28(14-10-20)34(31,32)23-16-21(17-33-23)25(30)27-11-7-18(2)8-12-27/h4-6,15-18,20H,3,7-14H2,1-2H3,(H,26,29). The monoisotopic (exact) mass is 503 g/mol. The number of hydrogen-bond acceptors (Lipinski definition) is 5. The molecule has 0 aliphatic carbocycles. The Labute approximate surface area is 206 Å². The first-order valence-electron chi connectivity index (χ1n) is 12.1. The second kappa shape index (κ2) is 10.6. The number of rotatable bonds is 6. The number of anilines is 1. The van der Waals surface area contributed by atoms with Crippen LogP contribution in [0.1, 0.15) is 55.5 Å². The summed E-state index contributed by atoms with van der Waals surface area (Å²) in [6.07, 6.45) is 3.80. The highest BCUT2D eigenvalue weighted by Gasteiger charge is 2.34. The molecule has 2 aromatic rings. The highest BCUT2D eigenvalue weighted by Crippen LogP contribution is 2.29. The Bertz CT molecular complexity index is 1130. The van der Waals surface area contributed by atoms with Gasteiger partial charge in [-0.3, -0.25) is 9.59 Å². The van der Waals surface area contributed by atoms with Gasteiger partial charge in [0.2, 0.25) is 5.91 Å². The summed E-state index contributed by atoms with van der Waals surface area (Å²) in [6.45, 7) is 6.28. The Morgan fingerprint density at radius 1 is 1.06 bits per heavy atom. The minimum atomic E-state index is -3.68. The van der Waals surface area contributed by atoms with Gasteiger partial charge < -0.3 is 10.2 Å². The minimum Gasteiger partial charge on any atom is -0.339 e. The zero-order chi connectivity index (χ0) is 24.3. The number of benzene rings is 1. The molecule has 2 aliphatic heterocycles. The molecule has 1 aromatic carbocycles. The number of amides is 2. The number of piperidine rings is 2. The van der Waals surface area contributed by atoms with Gasteiger partial charge in [-0.15, -0.1) is 11.3 Å². The van der Waals surface area contributed by atoms with Gasteiger partial charge in [-0.1, -0.05) is 26.0 Å². The van der Waals surface area contributed by atoms with Crippen molar-refractivity contribution in [2.75, 3.05) is 31.5 Å². The lowest BCUT2D eigenvalue weighted by Crippen LogP contribution is -2.41. The lowest BCUT2D eigenvalue weighted by molar-refractivity contribution is -0.120. The van der Waals surface area contributed by atoms with E-state index in [0.29, 0.717) is 37.4 Å². The van der Waals surface area contributed by atoms with Crippen molar-refractivity contribution in [1.82, 2.24) is 9.21 Å². The van der Waals surface area contributed by atoms with Gasteiger partial charge in [0.05, 0.1) is 5.56 Å². The van der Waals surface area contributed by atoms with Crippen molar-refractivity contribution in [2.24, 2.45) is 11.8 Å². The highest BCUT2D eigenvalue weighted by atomic mass is 32.2. The molecule has 34 heavy (non-hydrogen) atoms. The quantitative estimate of drug-likeness (QED) is 0.639. The van der Waals surface area contributed by atoms with Crippen molar-refractivity contribution < 1.29 is 18.0 Å². The highest BCUT2D eigenvalue weighted by molar-refractivity contribution is 7.91. The number of sulfonamides is 1. The molecule has 1 aromatic heterocycles. The molecule has 2 saturated heterocycles. The summed E-state index contributed by atoms with van der Waals surface area (Å²) in [5, 5.41) is 4.62. The van der Waals surface area contributed by atoms with Crippen LogP contribution in [0.25, 0.3) is 0 Å². The minimum absolute atomic E-state index is 0.0647. The van der Waals surface area contributed by atoms with Gasteiger partial charge in [0, 0.05) is 43.2 Å². The summed E-state index contributed by atoms with van der Waals surface area (Å²) in [4.78, 5) is 27.4. The third-order valence-electron chi connectivity index (χ3n) is 6.91. The number of likely N-dealkylation sites (tertiary alicyclic amines) is 1. The van der Waals surface area contributed by atoms with Crippen molar-refractivity contribution in [1.29, 1.82) is 0 Å². The second-order valence-corrected chi connectivity index (χ2v) is 12.4. The summed E-state index contributed by atoms with van der Waals surface area (Å²) in [6, 6.07) is 9.30. The van der Waals surface area contributed by atoms with Gasteiger partial charge in [-0.05, 0) is 61.8 Å². The van der Waals surface area contributed by atoms with Gasteiger partial charge in [0.25, 0.3) is 15.9 Å². The van der Waals surface area contributed by atoms with Crippen LogP contribution in [-0.4, -0.2) is 55.6 Å². The topological polar surface area (TPSA) is 86.8 Å². The molecule has 0 saturated carbocycles. The largest absolute Gasteiger partial charge is 0.339 e. The van der Waals surface area contributed by atoms with Crippen LogP contribution in [-0.2, 0) is 21.2 Å². The number of aryl methyl sites for hydroxylation is 1. The summed E-state index contributed by atoms with van der Waals surface area (Å²) < 4.78 is 28.0. The first kappa shape index (κ1) is 24.9. The van der Waals surface area contributed by atoms with Crippen LogP contribution < -0.4 is 5.32 Å². The molecule has 0 spiro atoms. The van der Waals surface area contributed by atoms with Crippen LogP contribution in [0.2, 0.25) is 0 Å². The molecule has 0 bridgehead atoms. The second-order valence-electron chi connectivity index (χ2n) is 9.35. The summed E-state index contributed by atoms with van der Waals surface area (Å²) in [7, 11) is -3.68. The molecule has 9 heteroatoms. The number of nitrogens with one attached hydrogen (secondary N) is 1. The Morgan fingerprint density at radius 3 is 2.44 bits per heavy atom. The number of thiophene rings is 1. The third-order valence-corrected chi connectivity index (χ3v) is 10.2. The zero-order valence-corrected chi connectivity index (χ0v) is 21.5. The fourth-order valence-electron chi connectivity index (χ4n) is 4.56. The predicted octanol–water partition coefficient (Wildman–Crippen LogP) is 4.22. The molecule has 4 rings (SSSR count). The van der Waals surface area contributed by atoms with E-state index in [1.165, 1.54) is 10.4 Å². The molecule has 2 fully saturated rings. The van der Waals surface area contributed by atoms with Gasteiger partial charge >= 0.3 is 0 Å². The van der Waals surface area contributed by atoms with E-state index in [-0.39, 0.29) is 21.9 Å². The molecule has 2 amide bonds. The maximum Gasteiger partial charge on any atom is 0.254 e. The molecule has 1 N–H and O–H groups in total.